The first-order chi connectivity index (χ1) is 8.66. The Balaban J connectivity index is 2.13. The number of hydrogen-bond donors (Lipinski definition) is 1. The summed E-state index contributed by atoms with van der Waals surface area (Å²) in [6, 6.07) is 9.47. The summed E-state index contributed by atoms with van der Waals surface area (Å²) in [6.45, 7) is 0.916. The van der Waals surface area contributed by atoms with Crippen LogP contribution in [-0.2, 0) is 9.53 Å². The van der Waals surface area contributed by atoms with Gasteiger partial charge < -0.3 is 10.1 Å². The molecule has 0 aromatic heterocycles. The zero-order valence-corrected chi connectivity index (χ0v) is 11.4. The SMILES string of the molecule is N#CC1(C(=O)Nc2cccc(Br)c2)CCOCC1. The van der Waals surface area contributed by atoms with Crippen LogP contribution in [0.15, 0.2) is 28.7 Å². The van der Waals surface area contributed by atoms with Gasteiger partial charge in [0.2, 0.25) is 5.91 Å². The second-order valence-corrected chi connectivity index (χ2v) is 5.19. The summed E-state index contributed by atoms with van der Waals surface area (Å²) in [5.41, 5.74) is -0.267. The third-order valence-corrected chi connectivity index (χ3v) is 3.57. The lowest BCUT2D eigenvalue weighted by atomic mass is 9.81. The van der Waals surface area contributed by atoms with Crippen molar-refractivity contribution in [3.63, 3.8) is 0 Å². The molecule has 1 aromatic carbocycles. The van der Waals surface area contributed by atoms with Crippen molar-refractivity contribution in [1.82, 2.24) is 0 Å². The van der Waals surface area contributed by atoms with Crippen LogP contribution in [0.4, 0.5) is 5.69 Å². The molecule has 4 nitrogen and oxygen atoms in total. The van der Waals surface area contributed by atoms with Crippen LogP contribution in [0.3, 0.4) is 0 Å². The van der Waals surface area contributed by atoms with Gasteiger partial charge in [-0.25, -0.2) is 0 Å². The van der Waals surface area contributed by atoms with E-state index in [0.29, 0.717) is 31.7 Å². The Morgan fingerprint density at radius 2 is 2.17 bits per heavy atom. The van der Waals surface area contributed by atoms with Gasteiger partial charge in [0, 0.05) is 23.4 Å². The number of ether oxygens (including phenoxy) is 1. The minimum absolute atomic E-state index is 0.244. The number of hydrogen-bond acceptors (Lipinski definition) is 3. The second kappa shape index (κ2) is 5.51. The van der Waals surface area contributed by atoms with Crippen molar-refractivity contribution in [2.45, 2.75) is 12.8 Å². The van der Waals surface area contributed by atoms with E-state index in [9.17, 15) is 10.1 Å². The van der Waals surface area contributed by atoms with E-state index in [0.717, 1.165) is 4.47 Å². The molecule has 5 heteroatoms. The lowest BCUT2D eigenvalue weighted by molar-refractivity contribution is -0.126. The van der Waals surface area contributed by atoms with E-state index in [2.05, 4.69) is 27.3 Å². The van der Waals surface area contributed by atoms with E-state index in [1.54, 1.807) is 6.07 Å². The molecule has 0 spiro atoms. The van der Waals surface area contributed by atoms with E-state index < -0.39 is 5.41 Å². The molecule has 94 valence electrons. The number of amides is 1. The van der Waals surface area contributed by atoms with Crippen LogP contribution in [0, 0.1) is 16.7 Å². The van der Waals surface area contributed by atoms with Gasteiger partial charge in [-0.15, -0.1) is 0 Å². The monoisotopic (exact) mass is 308 g/mol. The first kappa shape index (κ1) is 13.1. The van der Waals surface area contributed by atoms with Gasteiger partial charge >= 0.3 is 0 Å². The molecular weight excluding hydrogens is 296 g/mol. The van der Waals surface area contributed by atoms with Gasteiger partial charge in [0.05, 0.1) is 6.07 Å². The Morgan fingerprint density at radius 3 is 2.78 bits per heavy atom. The summed E-state index contributed by atoms with van der Waals surface area (Å²) < 4.78 is 6.09. The minimum Gasteiger partial charge on any atom is -0.381 e. The number of carbonyl (C=O) groups excluding carboxylic acids is 1. The van der Waals surface area contributed by atoms with Gasteiger partial charge in [-0.2, -0.15) is 5.26 Å². The van der Waals surface area contributed by atoms with Crippen molar-refractivity contribution >= 4 is 27.5 Å². The summed E-state index contributed by atoms with van der Waals surface area (Å²) in [6.07, 6.45) is 0.896. The molecule has 1 aliphatic heterocycles. The maximum atomic E-state index is 12.2. The van der Waals surface area contributed by atoms with Crippen LogP contribution < -0.4 is 5.32 Å². The Morgan fingerprint density at radius 1 is 1.44 bits per heavy atom. The van der Waals surface area contributed by atoms with Crippen LogP contribution in [0.5, 0.6) is 0 Å². The highest BCUT2D eigenvalue weighted by Gasteiger charge is 2.40. The van der Waals surface area contributed by atoms with E-state index in [1.807, 2.05) is 18.2 Å². The number of halogens is 1. The van der Waals surface area contributed by atoms with Gasteiger partial charge in [0.15, 0.2) is 0 Å². The molecule has 0 bridgehead atoms. The zero-order chi connectivity index (χ0) is 13.0. The second-order valence-electron chi connectivity index (χ2n) is 4.27. The maximum Gasteiger partial charge on any atom is 0.245 e. The van der Waals surface area contributed by atoms with Crippen molar-refractivity contribution in [2.75, 3.05) is 18.5 Å². The molecule has 1 fully saturated rings. The van der Waals surface area contributed by atoms with Crippen LogP contribution in [0.25, 0.3) is 0 Å². The quantitative estimate of drug-likeness (QED) is 0.913. The molecule has 1 saturated heterocycles. The smallest absolute Gasteiger partial charge is 0.245 e. The Bertz CT molecular complexity index is 490. The van der Waals surface area contributed by atoms with Crippen molar-refractivity contribution < 1.29 is 9.53 Å². The fourth-order valence-corrected chi connectivity index (χ4v) is 2.33. The molecule has 2 rings (SSSR count). The lowest BCUT2D eigenvalue weighted by Gasteiger charge is -2.29. The predicted octanol–water partition coefficient (Wildman–Crippen LogP) is 2.71. The highest BCUT2D eigenvalue weighted by Crippen LogP contribution is 2.31. The first-order valence-corrected chi connectivity index (χ1v) is 6.52. The molecule has 1 N–H and O–H groups in total. The topological polar surface area (TPSA) is 62.1 Å². The number of nitrogens with one attached hydrogen (secondary N) is 1. The normalized spacial score (nSPS) is 17.8. The third-order valence-electron chi connectivity index (χ3n) is 3.08. The molecule has 1 amide bonds. The number of nitrogens with zero attached hydrogens (tertiary/aromatic N) is 1. The zero-order valence-electron chi connectivity index (χ0n) is 9.78. The molecule has 1 aliphatic rings. The molecule has 0 saturated carbocycles. The Hall–Kier alpha value is -1.38. The molecule has 1 heterocycles. The summed E-state index contributed by atoms with van der Waals surface area (Å²) in [5, 5.41) is 12.1. The van der Waals surface area contributed by atoms with Gasteiger partial charge in [-0.3, -0.25) is 4.79 Å². The summed E-state index contributed by atoms with van der Waals surface area (Å²) in [5.74, 6) is -0.244. The van der Waals surface area contributed by atoms with Crippen molar-refractivity contribution in [3.05, 3.63) is 28.7 Å². The van der Waals surface area contributed by atoms with Crippen molar-refractivity contribution in [3.8, 4) is 6.07 Å². The van der Waals surface area contributed by atoms with Crippen LogP contribution in [-0.4, -0.2) is 19.1 Å². The van der Waals surface area contributed by atoms with Crippen LogP contribution in [0.1, 0.15) is 12.8 Å². The third kappa shape index (κ3) is 2.71. The summed E-state index contributed by atoms with van der Waals surface area (Å²) >= 11 is 3.34. The van der Waals surface area contributed by atoms with E-state index in [4.69, 9.17) is 4.74 Å². The highest BCUT2D eigenvalue weighted by atomic mass is 79.9. The Kier molecular flexibility index (Phi) is 4.00. The molecule has 0 radical (unpaired) electrons. The predicted molar refractivity (Wildman–Crippen MR) is 70.9 cm³/mol. The largest absolute Gasteiger partial charge is 0.381 e. The maximum absolute atomic E-state index is 12.2. The fraction of sp³-hybridized carbons (Fsp3) is 0.385. The van der Waals surface area contributed by atoms with Crippen molar-refractivity contribution in [2.24, 2.45) is 5.41 Å². The lowest BCUT2D eigenvalue weighted by Crippen LogP contribution is -2.39. The number of anilines is 1. The number of benzene rings is 1. The Labute approximate surface area is 114 Å². The van der Waals surface area contributed by atoms with E-state index >= 15 is 0 Å². The first-order valence-electron chi connectivity index (χ1n) is 5.72. The molecule has 0 unspecified atom stereocenters. The van der Waals surface area contributed by atoms with Crippen molar-refractivity contribution in [1.29, 1.82) is 5.26 Å². The molecular formula is C13H13BrN2O2. The number of rotatable bonds is 2. The van der Waals surface area contributed by atoms with Gasteiger partial charge in [0.25, 0.3) is 0 Å². The molecule has 1 aromatic rings. The molecule has 0 atom stereocenters. The summed E-state index contributed by atoms with van der Waals surface area (Å²) in [7, 11) is 0. The average Bonchev–Trinajstić information content (AvgIpc) is 2.39. The van der Waals surface area contributed by atoms with Crippen LogP contribution >= 0.6 is 15.9 Å². The van der Waals surface area contributed by atoms with Gasteiger partial charge in [-0.1, -0.05) is 22.0 Å². The van der Waals surface area contributed by atoms with E-state index in [1.165, 1.54) is 0 Å². The molecule has 18 heavy (non-hydrogen) atoms. The van der Waals surface area contributed by atoms with Gasteiger partial charge in [-0.05, 0) is 31.0 Å². The molecule has 0 aliphatic carbocycles. The van der Waals surface area contributed by atoms with Crippen LogP contribution in [0.2, 0.25) is 0 Å². The standard InChI is InChI=1S/C13H13BrN2O2/c14-10-2-1-3-11(8-10)16-12(17)13(9-15)4-6-18-7-5-13/h1-3,8H,4-7H2,(H,16,17). The number of carbonyl (C=O) groups is 1. The number of nitriles is 1. The fourth-order valence-electron chi connectivity index (χ4n) is 1.93. The highest BCUT2D eigenvalue weighted by molar-refractivity contribution is 9.10. The minimum atomic E-state index is -0.958. The van der Waals surface area contributed by atoms with E-state index in [-0.39, 0.29) is 5.91 Å². The summed E-state index contributed by atoms with van der Waals surface area (Å²) in [4.78, 5) is 12.2. The van der Waals surface area contributed by atoms with Gasteiger partial charge in [0.1, 0.15) is 5.41 Å². The average molecular weight is 309 g/mol.